The monoisotopic (exact) mass is 318 g/mol. The summed E-state index contributed by atoms with van der Waals surface area (Å²) in [6, 6.07) is 0. The fraction of sp³-hybridized carbons (Fsp3) is 1.00. The van der Waals surface area contributed by atoms with Crippen LogP contribution in [-0.2, 0) is 4.74 Å². The van der Waals surface area contributed by atoms with Crippen molar-refractivity contribution in [3.05, 3.63) is 0 Å². The second-order valence-corrected chi connectivity index (χ2v) is 5.95. The lowest BCUT2D eigenvalue weighted by Crippen LogP contribution is -1.97. The third-order valence-electron chi connectivity index (χ3n) is 3.60. The first kappa shape index (κ1) is 24.1. The molecular formula is C19H42O3. The molecule has 136 valence electrons. The van der Waals surface area contributed by atoms with E-state index in [4.69, 9.17) is 14.9 Å². The van der Waals surface area contributed by atoms with Crippen molar-refractivity contribution in [3.63, 3.8) is 0 Å². The molecule has 0 radical (unpaired) electrons. The lowest BCUT2D eigenvalue weighted by atomic mass is 10.1. The Bertz CT molecular complexity index is 147. The number of hydrogen-bond acceptors (Lipinski definition) is 3. The van der Waals surface area contributed by atoms with Gasteiger partial charge in [0.2, 0.25) is 0 Å². The molecule has 0 unspecified atom stereocenters. The summed E-state index contributed by atoms with van der Waals surface area (Å²) in [6.07, 6.45) is 16.8. The molecule has 0 aliphatic heterocycles. The van der Waals surface area contributed by atoms with E-state index in [0.717, 1.165) is 13.2 Å². The Balaban J connectivity index is 0. The molecule has 0 aromatic rings. The molecule has 0 spiro atoms. The van der Waals surface area contributed by atoms with Crippen molar-refractivity contribution in [2.24, 2.45) is 0 Å². The summed E-state index contributed by atoms with van der Waals surface area (Å²) in [6.45, 7) is 6.70. The number of aliphatic hydroxyl groups excluding tert-OH is 2. The molecule has 0 atom stereocenters. The largest absolute Gasteiger partial charge is 0.396 e. The molecule has 0 fully saturated rings. The molecule has 0 aliphatic rings. The molecule has 0 saturated heterocycles. The van der Waals surface area contributed by atoms with Crippen LogP contribution in [0.15, 0.2) is 0 Å². The fourth-order valence-corrected chi connectivity index (χ4v) is 2.14. The zero-order valence-corrected chi connectivity index (χ0v) is 15.3. The smallest absolute Gasteiger partial charge is 0.0466 e. The first-order chi connectivity index (χ1) is 10.8. The van der Waals surface area contributed by atoms with E-state index in [1.54, 1.807) is 0 Å². The normalized spacial score (nSPS) is 10.4. The van der Waals surface area contributed by atoms with Crippen molar-refractivity contribution in [2.45, 2.75) is 97.3 Å². The zero-order chi connectivity index (χ0) is 16.7. The van der Waals surface area contributed by atoms with Crippen LogP contribution < -0.4 is 0 Å². The molecule has 0 saturated carbocycles. The zero-order valence-electron chi connectivity index (χ0n) is 15.3. The molecule has 22 heavy (non-hydrogen) atoms. The summed E-state index contributed by atoms with van der Waals surface area (Å²) in [5.41, 5.74) is 0. The van der Waals surface area contributed by atoms with Crippen LogP contribution in [-0.4, -0.2) is 36.6 Å². The van der Waals surface area contributed by atoms with Crippen molar-refractivity contribution in [2.75, 3.05) is 26.4 Å². The van der Waals surface area contributed by atoms with E-state index in [9.17, 15) is 0 Å². The summed E-state index contributed by atoms with van der Waals surface area (Å²) in [4.78, 5) is 0. The Morgan fingerprint density at radius 2 is 0.864 bits per heavy atom. The van der Waals surface area contributed by atoms with Crippen molar-refractivity contribution >= 4 is 0 Å². The van der Waals surface area contributed by atoms with Gasteiger partial charge in [-0.2, -0.15) is 0 Å². The van der Waals surface area contributed by atoms with Gasteiger partial charge >= 0.3 is 0 Å². The van der Waals surface area contributed by atoms with Crippen LogP contribution >= 0.6 is 0 Å². The van der Waals surface area contributed by atoms with Crippen LogP contribution in [0.5, 0.6) is 0 Å². The van der Waals surface area contributed by atoms with Crippen molar-refractivity contribution in [1.29, 1.82) is 0 Å². The molecule has 0 heterocycles. The fourth-order valence-electron chi connectivity index (χ4n) is 2.14. The Kier molecular flexibility index (Phi) is 28.3. The van der Waals surface area contributed by atoms with E-state index in [-0.39, 0.29) is 13.2 Å². The van der Waals surface area contributed by atoms with E-state index < -0.39 is 0 Å². The molecule has 2 N–H and O–H groups in total. The average Bonchev–Trinajstić information content (AvgIpc) is 2.53. The van der Waals surface area contributed by atoms with Gasteiger partial charge in [-0.1, -0.05) is 78.1 Å². The van der Waals surface area contributed by atoms with Gasteiger partial charge in [0.25, 0.3) is 0 Å². The summed E-state index contributed by atoms with van der Waals surface area (Å²) < 4.78 is 5.65. The number of hydrogen-bond donors (Lipinski definition) is 2. The maximum absolute atomic E-state index is 7.91. The molecule has 3 heteroatoms. The predicted octanol–water partition coefficient (Wildman–Crippen LogP) is 5.09. The van der Waals surface area contributed by atoms with Gasteiger partial charge in [-0.15, -0.1) is 0 Å². The molecule has 0 aromatic carbocycles. The van der Waals surface area contributed by atoms with E-state index in [2.05, 4.69) is 13.8 Å². The minimum Gasteiger partial charge on any atom is -0.396 e. The summed E-state index contributed by atoms with van der Waals surface area (Å²) in [5.74, 6) is 0. The third-order valence-corrected chi connectivity index (χ3v) is 3.60. The second kappa shape index (κ2) is 25.8. The van der Waals surface area contributed by atoms with Crippen molar-refractivity contribution in [1.82, 2.24) is 0 Å². The minimum absolute atomic E-state index is 0.0938. The number of ether oxygens (including phenoxy) is 1. The van der Waals surface area contributed by atoms with Crippen molar-refractivity contribution < 1.29 is 14.9 Å². The van der Waals surface area contributed by atoms with Gasteiger partial charge in [0.05, 0.1) is 0 Å². The maximum Gasteiger partial charge on any atom is 0.0466 e. The highest BCUT2D eigenvalue weighted by atomic mass is 16.5. The maximum atomic E-state index is 7.91. The third kappa shape index (κ3) is 28.1. The molecular weight excluding hydrogens is 276 g/mol. The topological polar surface area (TPSA) is 49.7 Å². The van der Waals surface area contributed by atoms with Gasteiger partial charge in [0, 0.05) is 26.4 Å². The first-order valence-corrected chi connectivity index (χ1v) is 9.62. The lowest BCUT2D eigenvalue weighted by Gasteiger charge is -2.04. The van der Waals surface area contributed by atoms with Crippen LogP contribution in [0.2, 0.25) is 0 Å². The molecule has 0 rings (SSSR count). The van der Waals surface area contributed by atoms with Crippen LogP contribution in [0.1, 0.15) is 97.3 Å². The Hall–Kier alpha value is -0.120. The standard InChI is InChI=1S/C16H34O.C3H8O2/c1-3-5-7-9-11-13-15-17-16-14-12-10-8-6-4-2;4-2-1-3-5/h3-16H2,1-2H3;4-5H,1-3H2. The molecule has 3 nitrogen and oxygen atoms in total. The van der Waals surface area contributed by atoms with Crippen LogP contribution in [0, 0.1) is 0 Å². The first-order valence-electron chi connectivity index (χ1n) is 9.62. The van der Waals surface area contributed by atoms with E-state index in [1.807, 2.05) is 0 Å². The Morgan fingerprint density at radius 1 is 0.500 bits per heavy atom. The second-order valence-electron chi connectivity index (χ2n) is 5.95. The predicted molar refractivity (Wildman–Crippen MR) is 96.4 cm³/mol. The highest BCUT2D eigenvalue weighted by Crippen LogP contribution is 2.06. The van der Waals surface area contributed by atoms with Crippen LogP contribution in [0.4, 0.5) is 0 Å². The van der Waals surface area contributed by atoms with E-state index in [1.165, 1.54) is 77.0 Å². The van der Waals surface area contributed by atoms with Gasteiger partial charge < -0.3 is 14.9 Å². The van der Waals surface area contributed by atoms with E-state index >= 15 is 0 Å². The molecule has 0 bridgehead atoms. The molecule has 0 aromatic heterocycles. The average molecular weight is 319 g/mol. The van der Waals surface area contributed by atoms with Crippen molar-refractivity contribution in [3.8, 4) is 0 Å². The van der Waals surface area contributed by atoms with Crippen LogP contribution in [0.3, 0.4) is 0 Å². The number of unbranched alkanes of at least 4 members (excludes halogenated alkanes) is 10. The number of rotatable bonds is 16. The SMILES string of the molecule is CCCCCCCCOCCCCCCCC.OCCCO. The lowest BCUT2D eigenvalue weighted by molar-refractivity contribution is 0.125. The molecule has 0 aliphatic carbocycles. The van der Waals surface area contributed by atoms with Gasteiger partial charge in [-0.25, -0.2) is 0 Å². The van der Waals surface area contributed by atoms with E-state index in [0.29, 0.717) is 6.42 Å². The Morgan fingerprint density at radius 3 is 1.18 bits per heavy atom. The Labute approximate surface area is 139 Å². The summed E-state index contributed by atoms with van der Waals surface area (Å²) in [7, 11) is 0. The minimum atomic E-state index is 0.0938. The highest BCUT2D eigenvalue weighted by Gasteiger charge is 1.92. The quantitative estimate of drug-likeness (QED) is 0.390. The number of aliphatic hydroxyl groups is 2. The summed E-state index contributed by atoms with van der Waals surface area (Å²) in [5, 5.41) is 15.8. The highest BCUT2D eigenvalue weighted by molar-refractivity contribution is 4.45. The van der Waals surface area contributed by atoms with Gasteiger partial charge in [-0.3, -0.25) is 0 Å². The van der Waals surface area contributed by atoms with Crippen LogP contribution in [0.25, 0.3) is 0 Å². The van der Waals surface area contributed by atoms with Gasteiger partial charge in [0.1, 0.15) is 0 Å². The molecule has 0 amide bonds. The summed E-state index contributed by atoms with van der Waals surface area (Å²) >= 11 is 0. The van der Waals surface area contributed by atoms with Gasteiger partial charge in [-0.05, 0) is 19.3 Å². The van der Waals surface area contributed by atoms with Gasteiger partial charge in [0.15, 0.2) is 0 Å².